The zero-order valence-corrected chi connectivity index (χ0v) is 6.95. The average Bonchev–Trinajstić information content (AvgIpc) is 2.17. The van der Waals surface area contributed by atoms with Crippen LogP contribution in [0.25, 0.3) is 0 Å². The Kier molecular flexibility index (Phi) is 1.90. The van der Waals surface area contributed by atoms with Crippen molar-refractivity contribution in [3.63, 3.8) is 0 Å². The van der Waals surface area contributed by atoms with Gasteiger partial charge in [0, 0.05) is 6.54 Å². The summed E-state index contributed by atoms with van der Waals surface area (Å²) in [5.41, 5.74) is 7.47. The number of hydrazine groups is 1. The molecule has 1 unspecified atom stereocenters. The monoisotopic (exact) mass is 178 g/mol. The molecular formula is C9H10N2O2. The summed E-state index contributed by atoms with van der Waals surface area (Å²) in [6.45, 7) is 0.423. The summed E-state index contributed by atoms with van der Waals surface area (Å²) < 4.78 is 0. The number of carboxylic acid groups (broad SMARTS) is 1. The molecule has 0 spiro atoms. The van der Waals surface area contributed by atoms with E-state index in [4.69, 9.17) is 5.11 Å². The molecule has 2 rings (SSSR count). The van der Waals surface area contributed by atoms with Gasteiger partial charge in [-0.15, -0.1) is 0 Å². The minimum Gasteiger partial charge on any atom is -0.481 e. The van der Waals surface area contributed by atoms with E-state index in [1.807, 2.05) is 24.3 Å². The van der Waals surface area contributed by atoms with Crippen LogP contribution in [0.4, 0.5) is 5.69 Å². The van der Waals surface area contributed by atoms with Gasteiger partial charge < -0.3 is 10.5 Å². The van der Waals surface area contributed by atoms with Crippen LogP contribution in [0.5, 0.6) is 0 Å². The van der Waals surface area contributed by atoms with Gasteiger partial charge in [-0.2, -0.15) is 0 Å². The second-order valence-electron chi connectivity index (χ2n) is 2.98. The topological polar surface area (TPSA) is 61.4 Å². The van der Waals surface area contributed by atoms with Gasteiger partial charge in [0.15, 0.2) is 0 Å². The van der Waals surface area contributed by atoms with E-state index in [-0.39, 0.29) is 0 Å². The van der Waals surface area contributed by atoms with Crippen molar-refractivity contribution in [1.82, 2.24) is 5.43 Å². The standard InChI is InChI=1S/C9H10N2O2/c12-9(13)7-5-10-11-8-4-2-1-3-6(7)8/h1-4,7,10-11H,5H2,(H,12,13). The number of hydrogen-bond donors (Lipinski definition) is 3. The van der Waals surface area contributed by atoms with Gasteiger partial charge in [0.2, 0.25) is 0 Å². The summed E-state index contributed by atoms with van der Waals surface area (Å²) in [6, 6.07) is 7.42. The van der Waals surface area contributed by atoms with Gasteiger partial charge in [0.1, 0.15) is 0 Å². The molecule has 0 radical (unpaired) electrons. The van der Waals surface area contributed by atoms with Gasteiger partial charge in [-0.1, -0.05) is 18.2 Å². The van der Waals surface area contributed by atoms with Crippen molar-refractivity contribution in [3.8, 4) is 0 Å². The minimum absolute atomic E-state index is 0.423. The molecule has 1 aliphatic heterocycles. The van der Waals surface area contributed by atoms with Gasteiger partial charge in [-0.05, 0) is 11.6 Å². The van der Waals surface area contributed by atoms with Crippen molar-refractivity contribution in [2.45, 2.75) is 5.92 Å². The summed E-state index contributed by atoms with van der Waals surface area (Å²) in [7, 11) is 0. The number of nitrogens with one attached hydrogen (secondary N) is 2. The summed E-state index contributed by atoms with van der Waals surface area (Å²) in [6.07, 6.45) is 0. The van der Waals surface area contributed by atoms with Crippen LogP contribution in [0.2, 0.25) is 0 Å². The van der Waals surface area contributed by atoms with E-state index in [9.17, 15) is 4.79 Å². The minimum atomic E-state index is -0.790. The Balaban J connectivity index is 2.42. The maximum Gasteiger partial charge on any atom is 0.312 e. The number of carbonyl (C=O) groups is 1. The normalized spacial score (nSPS) is 20.2. The lowest BCUT2D eigenvalue weighted by molar-refractivity contribution is -0.138. The van der Waals surface area contributed by atoms with E-state index >= 15 is 0 Å². The number of carboxylic acids is 1. The van der Waals surface area contributed by atoms with E-state index < -0.39 is 11.9 Å². The van der Waals surface area contributed by atoms with Crippen molar-refractivity contribution in [1.29, 1.82) is 0 Å². The van der Waals surface area contributed by atoms with Crippen LogP contribution in [-0.4, -0.2) is 17.6 Å². The molecule has 0 aromatic heterocycles. The molecule has 3 N–H and O–H groups in total. The van der Waals surface area contributed by atoms with Gasteiger partial charge >= 0.3 is 5.97 Å². The van der Waals surface area contributed by atoms with E-state index in [0.717, 1.165) is 11.3 Å². The molecule has 4 heteroatoms. The molecule has 1 aliphatic rings. The number of rotatable bonds is 1. The molecule has 0 bridgehead atoms. The molecule has 13 heavy (non-hydrogen) atoms. The second kappa shape index (κ2) is 3.06. The fourth-order valence-corrected chi connectivity index (χ4v) is 1.49. The molecule has 1 aromatic rings. The van der Waals surface area contributed by atoms with Crippen molar-refractivity contribution < 1.29 is 9.90 Å². The largest absolute Gasteiger partial charge is 0.481 e. The molecule has 0 fully saturated rings. The summed E-state index contributed by atoms with van der Waals surface area (Å²) in [5, 5.41) is 8.92. The summed E-state index contributed by atoms with van der Waals surface area (Å²) in [4.78, 5) is 10.8. The molecular weight excluding hydrogens is 168 g/mol. The Labute approximate surface area is 75.5 Å². The average molecular weight is 178 g/mol. The van der Waals surface area contributed by atoms with Gasteiger partial charge in [-0.25, -0.2) is 5.43 Å². The highest BCUT2D eigenvalue weighted by molar-refractivity contribution is 5.80. The lowest BCUT2D eigenvalue weighted by Gasteiger charge is -2.24. The SMILES string of the molecule is O=C(O)C1CNNc2ccccc21. The van der Waals surface area contributed by atoms with Gasteiger partial charge in [0.05, 0.1) is 11.6 Å². The molecule has 1 heterocycles. The molecule has 1 atom stereocenters. The lowest BCUT2D eigenvalue weighted by Crippen LogP contribution is -2.36. The molecule has 4 nitrogen and oxygen atoms in total. The third kappa shape index (κ3) is 1.36. The van der Waals surface area contributed by atoms with E-state index in [1.165, 1.54) is 0 Å². The number of fused-ring (bicyclic) bond motifs is 1. The third-order valence-corrected chi connectivity index (χ3v) is 2.16. The predicted molar refractivity (Wildman–Crippen MR) is 48.4 cm³/mol. The number of benzene rings is 1. The molecule has 1 aromatic carbocycles. The van der Waals surface area contributed by atoms with Crippen LogP contribution in [0.3, 0.4) is 0 Å². The van der Waals surface area contributed by atoms with Crippen molar-refractivity contribution in [2.75, 3.05) is 12.0 Å². The molecule has 0 saturated heterocycles. The number of aliphatic carboxylic acids is 1. The van der Waals surface area contributed by atoms with Crippen LogP contribution in [0.15, 0.2) is 24.3 Å². The summed E-state index contributed by atoms with van der Waals surface area (Å²) >= 11 is 0. The highest BCUT2D eigenvalue weighted by Gasteiger charge is 2.25. The zero-order valence-electron chi connectivity index (χ0n) is 6.95. The molecule has 68 valence electrons. The predicted octanol–water partition coefficient (Wildman–Crippen LogP) is 0.785. The smallest absolute Gasteiger partial charge is 0.312 e. The quantitative estimate of drug-likeness (QED) is 0.595. The Hall–Kier alpha value is -1.55. The first-order valence-corrected chi connectivity index (χ1v) is 4.09. The van der Waals surface area contributed by atoms with Crippen molar-refractivity contribution >= 4 is 11.7 Å². The lowest BCUT2D eigenvalue weighted by atomic mass is 9.96. The molecule has 0 saturated carbocycles. The van der Waals surface area contributed by atoms with Crippen molar-refractivity contribution in [2.24, 2.45) is 0 Å². The first-order valence-electron chi connectivity index (χ1n) is 4.09. The van der Waals surface area contributed by atoms with Gasteiger partial charge in [0.25, 0.3) is 0 Å². The number of hydrogen-bond acceptors (Lipinski definition) is 3. The first-order chi connectivity index (χ1) is 6.29. The number of para-hydroxylation sites is 1. The Bertz CT molecular complexity index is 338. The van der Waals surface area contributed by atoms with E-state index in [0.29, 0.717) is 6.54 Å². The molecule has 0 aliphatic carbocycles. The number of anilines is 1. The summed E-state index contributed by atoms with van der Waals surface area (Å²) in [5.74, 6) is -1.24. The van der Waals surface area contributed by atoms with Crippen LogP contribution in [0, 0.1) is 0 Å². The first kappa shape index (κ1) is 8.07. The van der Waals surface area contributed by atoms with Crippen LogP contribution in [-0.2, 0) is 4.79 Å². The van der Waals surface area contributed by atoms with Crippen LogP contribution in [0.1, 0.15) is 11.5 Å². The third-order valence-electron chi connectivity index (χ3n) is 2.16. The van der Waals surface area contributed by atoms with Gasteiger partial charge in [-0.3, -0.25) is 4.79 Å². The Morgan fingerprint density at radius 3 is 3.00 bits per heavy atom. The highest BCUT2D eigenvalue weighted by atomic mass is 16.4. The maximum atomic E-state index is 10.8. The van der Waals surface area contributed by atoms with E-state index in [1.54, 1.807) is 0 Å². The molecule has 0 amide bonds. The zero-order chi connectivity index (χ0) is 9.26. The Morgan fingerprint density at radius 1 is 1.46 bits per heavy atom. The van der Waals surface area contributed by atoms with Crippen LogP contribution < -0.4 is 10.9 Å². The maximum absolute atomic E-state index is 10.8. The fourth-order valence-electron chi connectivity index (χ4n) is 1.49. The highest BCUT2D eigenvalue weighted by Crippen LogP contribution is 2.26. The fraction of sp³-hybridized carbons (Fsp3) is 0.222. The van der Waals surface area contributed by atoms with Crippen molar-refractivity contribution in [3.05, 3.63) is 29.8 Å². The Morgan fingerprint density at radius 2 is 2.23 bits per heavy atom. The van der Waals surface area contributed by atoms with E-state index in [2.05, 4.69) is 10.9 Å². The second-order valence-corrected chi connectivity index (χ2v) is 2.98. The van der Waals surface area contributed by atoms with Crippen LogP contribution >= 0.6 is 0 Å².